The van der Waals surface area contributed by atoms with E-state index in [-0.39, 0.29) is 12.7 Å². The van der Waals surface area contributed by atoms with Gasteiger partial charge in [0, 0.05) is 0 Å². The molecule has 0 aromatic carbocycles. The fraction of sp³-hybridized carbons (Fsp3) is 1.00. The normalized spacial score (nSPS) is 44.5. The molecule has 3 fully saturated rings. The minimum atomic E-state index is -5.67. The van der Waals surface area contributed by atoms with Crippen molar-refractivity contribution in [3.63, 3.8) is 0 Å². The third kappa shape index (κ3) is 1.74. The second kappa shape index (κ2) is 3.32. The standard InChI is InChI=1S/C7H7F3O6S/c8-7(9,10)17(11,12)16-5-4-3(15-4)2-1-13-6(5)14-2/h2-6H,1H2/t2-,3+,4+,5-,6-/m1/s1. The molecule has 2 bridgehead atoms. The number of alkyl halides is 3. The summed E-state index contributed by atoms with van der Waals surface area (Å²) in [4.78, 5) is 0. The van der Waals surface area contributed by atoms with Crippen LogP contribution in [0, 0.1) is 0 Å². The van der Waals surface area contributed by atoms with Crippen LogP contribution in [0.1, 0.15) is 0 Å². The zero-order valence-corrected chi connectivity index (χ0v) is 8.90. The molecule has 0 aromatic heterocycles. The summed E-state index contributed by atoms with van der Waals surface area (Å²) >= 11 is 0. The fourth-order valence-electron chi connectivity index (χ4n) is 1.94. The van der Waals surface area contributed by atoms with Gasteiger partial charge in [-0.3, -0.25) is 4.18 Å². The lowest BCUT2D eigenvalue weighted by atomic mass is 10.1. The summed E-state index contributed by atoms with van der Waals surface area (Å²) in [5.41, 5.74) is -5.47. The van der Waals surface area contributed by atoms with Gasteiger partial charge >= 0.3 is 15.6 Å². The largest absolute Gasteiger partial charge is 0.523 e. The number of hydrogen-bond acceptors (Lipinski definition) is 6. The quantitative estimate of drug-likeness (QED) is 0.393. The van der Waals surface area contributed by atoms with E-state index in [0.717, 1.165) is 0 Å². The van der Waals surface area contributed by atoms with E-state index in [9.17, 15) is 21.6 Å². The van der Waals surface area contributed by atoms with E-state index in [2.05, 4.69) is 4.18 Å². The van der Waals surface area contributed by atoms with E-state index >= 15 is 0 Å². The zero-order valence-electron chi connectivity index (χ0n) is 8.09. The molecule has 3 rings (SSSR count). The van der Waals surface area contributed by atoms with Crippen LogP contribution in [-0.4, -0.2) is 51.2 Å². The first-order valence-electron chi connectivity index (χ1n) is 4.72. The van der Waals surface area contributed by atoms with Crippen LogP contribution in [0.2, 0.25) is 0 Å². The number of hydrogen-bond donors (Lipinski definition) is 0. The number of rotatable bonds is 2. The van der Waals surface area contributed by atoms with Crippen LogP contribution in [0.5, 0.6) is 0 Å². The first-order valence-corrected chi connectivity index (χ1v) is 6.12. The van der Waals surface area contributed by atoms with Gasteiger partial charge in [-0.1, -0.05) is 0 Å². The second-order valence-corrected chi connectivity index (χ2v) is 5.47. The van der Waals surface area contributed by atoms with E-state index in [1.807, 2.05) is 0 Å². The van der Waals surface area contributed by atoms with Gasteiger partial charge in [0.2, 0.25) is 0 Å². The van der Waals surface area contributed by atoms with Gasteiger partial charge in [0.15, 0.2) is 12.4 Å². The molecule has 17 heavy (non-hydrogen) atoms. The third-order valence-electron chi connectivity index (χ3n) is 2.77. The molecule has 0 aromatic rings. The monoisotopic (exact) mass is 276 g/mol. The third-order valence-corrected chi connectivity index (χ3v) is 3.82. The number of fused-ring (bicyclic) bond motifs is 4. The lowest BCUT2D eigenvalue weighted by Gasteiger charge is -2.24. The van der Waals surface area contributed by atoms with E-state index in [0.29, 0.717) is 0 Å². The van der Waals surface area contributed by atoms with Crippen LogP contribution in [0.25, 0.3) is 0 Å². The van der Waals surface area contributed by atoms with Crippen LogP contribution in [0.15, 0.2) is 0 Å². The molecule has 3 aliphatic rings. The molecular formula is C7H7F3O6S. The Balaban J connectivity index is 1.78. The Bertz CT molecular complexity index is 433. The van der Waals surface area contributed by atoms with Crippen LogP contribution in [-0.2, 0) is 28.5 Å². The van der Waals surface area contributed by atoms with Crippen LogP contribution in [0.3, 0.4) is 0 Å². The Morgan fingerprint density at radius 1 is 1.18 bits per heavy atom. The lowest BCUT2D eigenvalue weighted by Crippen LogP contribution is -2.44. The highest BCUT2D eigenvalue weighted by Crippen LogP contribution is 2.44. The molecule has 98 valence electrons. The van der Waals surface area contributed by atoms with Crippen LogP contribution < -0.4 is 0 Å². The molecule has 0 radical (unpaired) electrons. The first-order chi connectivity index (χ1) is 7.79. The average Bonchev–Trinajstić information content (AvgIpc) is 2.86. The summed E-state index contributed by atoms with van der Waals surface area (Å²) in [6.07, 6.45) is -4.02. The van der Waals surface area contributed by atoms with Gasteiger partial charge in [0.1, 0.15) is 18.3 Å². The highest BCUT2D eigenvalue weighted by atomic mass is 32.2. The maximum absolute atomic E-state index is 12.1. The SMILES string of the molecule is O=S(=O)(O[C@H]1[C@@H]2OC[C@@H](O2)[C@@H]2O[C@@H]21)C(F)(F)F. The topological polar surface area (TPSA) is 74.4 Å². The minimum Gasteiger partial charge on any atom is -0.364 e. The summed E-state index contributed by atoms with van der Waals surface area (Å²) in [5.74, 6) is 0. The first kappa shape index (κ1) is 11.7. The molecule has 0 aliphatic carbocycles. The zero-order chi connectivity index (χ0) is 12.4. The molecule has 3 saturated heterocycles. The van der Waals surface area contributed by atoms with Gasteiger partial charge in [-0.05, 0) is 0 Å². The van der Waals surface area contributed by atoms with Crippen molar-refractivity contribution in [2.45, 2.75) is 36.2 Å². The summed E-state index contributed by atoms with van der Waals surface area (Å²) < 4.78 is 77.3. The summed E-state index contributed by atoms with van der Waals surface area (Å²) in [5, 5.41) is 0. The van der Waals surface area contributed by atoms with Gasteiger partial charge in [-0.25, -0.2) is 0 Å². The summed E-state index contributed by atoms with van der Waals surface area (Å²) in [6.45, 7) is 0.164. The van der Waals surface area contributed by atoms with Crippen LogP contribution >= 0.6 is 0 Å². The second-order valence-electron chi connectivity index (χ2n) is 3.90. The highest BCUT2D eigenvalue weighted by Gasteiger charge is 2.64. The highest BCUT2D eigenvalue weighted by molar-refractivity contribution is 7.87. The van der Waals surface area contributed by atoms with Crippen molar-refractivity contribution < 1.29 is 40.0 Å². The molecule has 3 aliphatic heterocycles. The smallest absolute Gasteiger partial charge is 0.364 e. The van der Waals surface area contributed by atoms with Gasteiger partial charge < -0.3 is 14.2 Å². The molecule has 0 saturated carbocycles. The van der Waals surface area contributed by atoms with Gasteiger partial charge in [-0.15, -0.1) is 0 Å². The molecule has 0 spiro atoms. The predicted molar refractivity (Wildman–Crippen MR) is 43.1 cm³/mol. The van der Waals surface area contributed by atoms with Crippen molar-refractivity contribution >= 4 is 10.1 Å². The average molecular weight is 276 g/mol. The Morgan fingerprint density at radius 3 is 2.53 bits per heavy atom. The van der Waals surface area contributed by atoms with Crippen molar-refractivity contribution in [1.82, 2.24) is 0 Å². The van der Waals surface area contributed by atoms with Gasteiger partial charge in [0.05, 0.1) is 6.61 Å². The number of epoxide rings is 1. The van der Waals surface area contributed by atoms with Crippen molar-refractivity contribution in [3.05, 3.63) is 0 Å². The Labute approximate surface area is 93.7 Å². The molecular weight excluding hydrogens is 269 g/mol. The number of halogens is 3. The molecule has 6 nitrogen and oxygen atoms in total. The maximum Gasteiger partial charge on any atom is 0.523 e. The Kier molecular flexibility index (Phi) is 2.28. The van der Waals surface area contributed by atoms with Crippen LogP contribution in [0.4, 0.5) is 13.2 Å². The van der Waals surface area contributed by atoms with E-state index in [4.69, 9.17) is 14.2 Å². The maximum atomic E-state index is 12.1. The summed E-state index contributed by atoms with van der Waals surface area (Å²) in [7, 11) is -5.67. The Hall–Kier alpha value is -0.420. The molecule has 0 unspecified atom stereocenters. The molecule has 0 N–H and O–H groups in total. The predicted octanol–water partition coefficient (Wildman–Crippen LogP) is -0.256. The number of ether oxygens (including phenoxy) is 3. The molecule has 5 atom stereocenters. The van der Waals surface area contributed by atoms with Gasteiger partial charge in [0.25, 0.3) is 0 Å². The lowest BCUT2D eigenvalue weighted by molar-refractivity contribution is -0.140. The molecule has 0 amide bonds. The van der Waals surface area contributed by atoms with E-state index in [1.54, 1.807) is 0 Å². The fourth-order valence-corrected chi connectivity index (χ4v) is 2.54. The van der Waals surface area contributed by atoms with Crippen molar-refractivity contribution in [3.8, 4) is 0 Å². The Morgan fingerprint density at radius 2 is 1.88 bits per heavy atom. The summed E-state index contributed by atoms with van der Waals surface area (Å²) in [6, 6.07) is 0. The molecule has 10 heteroatoms. The van der Waals surface area contributed by atoms with Crippen molar-refractivity contribution in [2.75, 3.05) is 6.61 Å². The van der Waals surface area contributed by atoms with Crippen molar-refractivity contribution in [2.24, 2.45) is 0 Å². The van der Waals surface area contributed by atoms with Gasteiger partial charge in [-0.2, -0.15) is 21.6 Å². The van der Waals surface area contributed by atoms with E-state index in [1.165, 1.54) is 0 Å². The van der Waals surface area contributed by atoms with Crippen molar-refractivity contribution in [1.29, 1.82) is 0 Å². The molecule has 3 heterocycles. The van der Waals surface area contributed by atoms with E-state index < -0.39 is 40.2 Å². The minimum absolute atomic E-state index is 0.164.